The number of carbonyl (C=O) groups is 1. The van der Waals surface area contributed by atoms with Gasteiger partial charge in [-0.05, 0) is 43.1 Å². The Hall–Kier alpha value is -1.16. The summed E-state index contributed by atoms with van der Waals surface area (Å²) in [6.07, 6.45) is 5.85. The monoisotopic (exact) mass is 308 g/mol. The Labute approximate surface area is 131 Å². The Balaban J connectivity index is 2.19. The van der Waals surface area contributed by atoms with Crippen LogP contribution < -0.4 is 4.74 Å². The molecule has 4 heteroatoms. The van der Waals surface area contributed by atoms with Gasteiger partial charge in [-0.2, -0.15) is 0 Å². The van der Waals surface area contributed by atoms with E-state index in [1.54, 1.807) is 17.8 Å². The maximum Gasteiger partial charge on any atom is 0.340 e. The van der Waals surface area contributed by atoms with Gasteiger partial charge in [-0.1, -0.05) is 32.8 Å². The molecule has 2 unspecified atom stereocenters. The molecule has 1 aromatic rings. The van der Waals surface area contributed by atoms with Crippen LogP contribution in [0.3, 0.4) is 0 Å². The summed E-state index contributed by atoms with van der Waals surface area (Å²) in [7, 11) is 0. The molecule has 3 nitrogen and oxygen atoms in total. The fourth-order valence-corrected chi connectivity index (χ4v) is 3.81. The summed E-state index contributed by atoms with van der Waals surface area (Å²) < 4.78 is 6.07. The molecule has 0 heterocycles. The van der Waals surface area contributed by atoms with E-state index >= 15 is 0 Å². The topological polar surface area (TPSA) is 46.5 Å². The Bertz CT molecular complexity index is 487. The van der Waals surface area contributed by atoms with Crippen molar-refractivity contribution in [1.29, 1.82) is 0 Å². The Morgan fingerprint density at radius 3 is 2.86 bits per heavy atom. The van der Waals surface area contributed by atoms with E-state index in [4.69, 9.17) is 4.74 Å². The Morgan fingerprint density at radius 1 is 1.38 bits per heavy atom. The molecule has 1 aromatic carbocycles. The lowest BCUT2D eigenvalue weighted by molar-refractivity contribution is 0.0677. The molecule has 2 rings (SSSR count). The summed E-state index contributed by atoms with van der Waals surface area (Å²) in [6.45, 7) is 4.24. The van der Waals surface area contributed by atoms with Crippen molar-refractivity contribution in [2.45, 2.75) is 57.0 Å². The van der Waals surface area contributed by atoms with Gasteiger partial charge in [0.25, 0.3) is 0 Å². The van der Waals surface area contributed by atoms with Crippen LogP contribution in [0, 0.1) is 5.92 Å². The van der Waals surface area contributed by atoms with Crippen molar-refractivity contribution in [2.75, 3.05) is 5.75 Å². The third-order valence-corrected chi connectivity index (χ3v) is 5.05. The standard InChI is InChI=1S/C17H24O3S/c1-3-12-7-5-8-13(11-12)20-14-9-6-10-15(21-4-2)16(14)17(18)19/h6,9-10,12-13H,3-5,7-8,11H2,1-2H3,(H,18,19). The molecule has 0 aromatic heterocycles. The number of carboxylic acid groups (broad SMARTS) is 1. The molecule has 1 aliphatic rings. The number of rotatable bonds is 6. The molecule has 0 amide bonds. The van der Waals surface area contributed by atoms with Gasteiger partial charge in [0.15, 0.2) is 0 Å². The molecule has 0 aliphatic heterocycles. The number of hydrogen-bond donors (Lipinski definition) is 1. The van der Waals surface area contributed by atoms with Crippen LogP contribution in [0.5, 0.6) is 5.75 Å². The minimum atomic E-state index is -0.899. The van der Waals surface area contributed by atoms with E-state index in [0.29, 0.717) is 17.2 Å². The molecule has 1 aliphatic carbocycles. The first-order valence-electron chi connectivity index (χ1n) is 7.81. The minimum Gasteiger partial charge on any atom is -0.489 e. The van der Waals surface area contributed by atoms with Crippen LogP contribution in [-0.4, -0.2) is 22.9 Å². The summed E-state index contributed by atoms with van der Waals surface area (Å²) in [5, 5.41) is 9.51. The molecular formula is C17H24O3S. The Kier molecular flexibility index (Phi) is 5.97. The lowest BCUT2D eigenvalue weighted by atomic mass is 9.85. The fraction of sp³-hybridized carbons (Fsp3) is 0.588. The zero-order chi connectivity index (χ0) is 15.2. The van der Waals surface area contributed by atoms with Crippen LogP contribution in [0.2, 0.25) is 0 Å². The second-order valence-corrected chi connectivity index (χ2v) is 6.85. The summed E-state index contributed by atoms with van der Waals surface area (Å²) in [5.74, 6) is 1.20. The highest BCUT2D eigenvalue weighted by atomic mass is 32.2. The van der Waals surface area contributed by atoms with Gasteiger partial charge in [-0.3, -0.25) is 0 Å². The van der Waals surface area contributed by atoms with Crippen LogP contribution in [0.1, 0.15) is 56.3 Å². The number of benzene rings is 1. The molecule has 0 saturated heterocycles. The van der Waals surface area contributed by atoms with E-state index in [1.807, 2.05) is 19.1 Å². The van der Waals surface area contributed by atoms with Crippen molar-refractivity contribution >= 4 is 17.7 Å². The highest BCUT2D eigenvalue weighted by molar-refractivity contribution is 7.99. The van der Waals surface area contributed by atoms with Crippen molar-refractivity contribution in [3.05, 3.63) is 23.8 Å². The van der Waals surface area contributed by atoms with E-state index in [-0.39, 0.29) is 6.10 Å². The first kappa shape index (κ1) is 16.2. The molecule has 1 saturated carbocycles. The van der Waals surface area contributed by atoms with Crippen molar-refractivity contribution in [2.24, 2.45) is 5.92 Å². The zero-order valence-electron chi connectivity index (χ0n) is 12.8. The summed E-state index contributed by atoms with van der Waals surface area (Å²) >= 11 is 1.55. The molecule has 1 N–H and O–H groups in total. The zero-order valence-corrected chi connectivity index (χ0v) is 13.6. The average molecular weight is 308 g/mol. The predicted octanol–water partition coefficient (Wildman–Crippen LogP) is 4.84. The number of thioether (sulfide) groups is 1. The lowest BCUT2D eigenvalue weighted by Gasteiger charge is -2.29. The van der Waals surface area contributed by atoms with E-state index in [2.05, 4.69) is 6.92 Å². The maximum atomic E-state index is 11.6. The van der Waals surface area contributed by atoms with Crippen LogP contribution in [0.25, 0.3) is 0 Å². The van der Waals surface area contributed by atoms with Gasteiger partial charge >= 0.3 is 5.97 Å². The summed E-state index contributed by atoms with van der Waals surface area (Å²) in [4.78, 5) is 12.4. The number of carboxylic acids is 1. The fourth-order valence-electron chi connectivity index (χ4n) is 2.99. The van der Waals surface area contributed by atoms with E-state index in [0.717, 1.165) is 23.5 Å². The second kappa shape index (κ2) is 7.74. The maximum absolute atomic E-state index is 11.6. The van der Waals surface area contributed by atoms with Crippen molar-refractivity contribution in [1.82, 2.24) is 0 Å². The van der Waals surface area contributed by atoms with Gasteiger partial charge < -0.3 is 9.84 Å². The molecular weight excluding hydrogens is 284 g/mol. The van der Waals surface area contributed by atoms with Crippen molar-refractivity contribution in [3.63, 3.8) is 0 Å². The smallest absolute Gasteiger partial charge is 0.340 e. The third-order valence-electron chi connectivity index (χ3n) is 4.11. The summed E-state index contributed by atoms with van der Waals surface area (Å²) in [5.41, 5.74) is 0.322. The molecule has 21 heavy (non-hydrogen) atoms. The second-order valence-electron chi connectivity index (χ2n) is 5.55. The number of ether oxygens (including phenoxy) is 1. The molecule has 0 spiro atoms. The van der Waals surface area contributed by atoms with Gasteiger partial charge in [0.05, 0.1) is 6.10 Å². The van der Waals surface area contributed by atoms with E-state index in [1.165, 1.54) is 19.3 Å². The van der Waals surface area contributed by atoms with Crippen LogP contribution in [0.4, 0.5) is 0 Å². The third kappa shape index (κ3) is 4.16. The van der Waals surface area contributed by atoms with Crippen LogP contribution in [0.15, 0.2) is 23.1 Å². The highest BCUT2D eigenvalue weighted by Crippen LogP contribution is 2.34. The van der Waals surface area contributed by atoms with Gasteiger partial charge in [0.1, 0.15) is 11.3 Å². The average Bonchev–Trinajstić information content (AvgIpc) is 2.47. The molecule has 1 fully saturated rings. The lowest BCUT2D eigenvalue weighted by Crippen LogP contribution is -2.25. The van der Waals surface area contributed by atoms with E-state index < -0.39 is 5.97 Å². The molecule has 116 valence electrons. The van der Waals surface area contributed by atoms with Crippen LogP contribution >= 0.6 is 11.8 Å². The van der Waals surface area contributed by atoms with Crippen molar-refractivity contribution < 1.29 is 14.6 Å². The SMILES string of the molecule is CCSc1cccc(OC2CCCC(CC)C2)c1C(=O)O. The number of hydrogen-bond acceptors (Lipinski definition) is 3. The van der Waals surface area contributed by atoms with Gasteiger partial charge in [-0.25, -0.2) is 4.79 Å². The van der Waals surface area contributed by atoms with Gasteiger partial charge in [-0.15, -0.1) is 11.8 Å². The Morgan fingerprint density at radius 2 is 2.19 bits per heavy atom. The minimum absolute atomic E-state index is 0.156. The number of aromatic carboxylic acids is 1. The van der Waals surface area contributed by atoms with E-state index in [9.17, 15) is 9.90 Å². The summed E-state index contributed by atoms with van der Waals surface area (Å²) in [6, 6.07) is 5.54. The highest BCUT2D eigenvalue weighted by Gasteiger charge is 2.24. The quantitative estimate of drug-likeness (QED) is 0.763. The normalized spacial score (nSPS) is 22.0. The van der Waals surface area contributed by atoms with Gasteiger partial charge in [0, 0.05) is 4.90 Å². The first-order valence-corrected chi connectivity index (χ1v) is 8.80. The largest absolute Gasteiger partial charge is 0.489 e. The predicted molar refractivity (Wildman–Crippen MR) is 86.5 cm³/mol. The van der Waals surface area contributed by atoms with Gasteiger partial charge in [0.2, 0.25) is 0 Å². The molecule has 0 radical (unpaired) electrons. The molecule has 2 atom stereocenters. The van der Waals surface area contributed by atoms with Crippen LogP contribution in [-0.2, 0) is 0 Å². The first-order chi connectivity index (χ1) is 10.2. The molecule has 0 bridgehead atoms. The van der Waals surface area contributed by atoms with Crippen molar-refractivity contribution in [3.8, 4) is 5.75 Å².